The third-order valence-electron chi connectivity index (χ3n) is 3.76. The monoisotopic (exact) mass is 298 g/mol. The standard InChI is InChI=1S/C17H15ClN2O/c1-9-6-10(2)14(19)7-11(9)17(21)12-8-20-15-5-3-4-13(18)16(12)15/h3-8,20H,19H2,1-2H3. The lowest BCUT2D eigenvalue weighted by Gasteiger charge is -2.08. The van der Waals surface area contributed by atoms with Gasteiger partial charge >= 0.3 is 0 Å². The lowest BCUT2D eigenvalue weighted by molar-refractivity contribution is 0.104. The Kier molecular flexibility index (Phi) is 3.22. The number of aromatic nitrogens is 1. The minimum absolute atomic E-state index is 0.0708. The lowest BCUT2D eigenvalue weighted by atomic mass is 9.96. The Bertz CT molecular complexity index is 865. The predicted octanol–water partition coefficient (Wildman–Crippen LogP) is 4.25. The summed E-state index contributed by atoms with van der Waals surface area (Å²) in [5.41, 5.74) is 10.5. The van der Waals surface area contributed by atoms with Crippen LogP contribution >= 0.6 is 11.6 Å². The molecule has 1 aromatic heterocycles. The highest BCUT2D eigenvalue weighted by molar-refractivity contribution is 6.37. The fourth-order valence-electron chi connectivity index (χ4n) is 2.58. The Balaban J connectivity index is 2.20. The second kappa shape index (κ2) is 4.93. The second-order valence-electron chi connectivity index (χ2n) is 5.22. The van der Waals surface area contributed by atoms with Crippen LogP contribution in [0.15, 0.2) is 36.5 Å². The zero-order chi connectivity index (χ0) is 15.1. The van der Waals surface area contributed by atoms with Gasteiger partial charge in [-0.25, -0.2) is 0 Å². The predicted molar refractivity (Wildman–Crippen MR) is 87.1 cm³/mol. The summed E-state index contributed by atoms with van der Waals surface area (Å²) in [7, 11) is 0. The van der Waals surface area contributed by atoms with Gasteiger partial charge < -0.3 is 10.7 Å². The van der Waals surface area contributed by atoms with Gasteiger partial charge in [-0.2, -0.15) is 0 Å². The average Bonchev–Trinajstić information content (AvgIpc) is 2.87. The molecule has 0 bridgehead atoms. The van der Waals surface area contributed by atoms with E-state index in [0.717, 1.165) is 22.0 Å². The number of H-pyrrole nitrogens is 1. The first-order valence-electron chi connectivity index (χ1n) is 6.66. The van der Waals surface area contributed by atoms with Gasteiger partial charge in [-0.05, 0) is 43.2 Å². The summed E-state index contributed by atoms with van der Waals surface area (Å²) in [6.07, 6.45) is 1.70. The average molecular weight is 299 g/mol. The zero-order valence-corrected chi connectivity index (χ0v) is 12.6. The molecule has 0 spiro atoms. The Morgan fingerprint density at radius 1 is 1.14 bits per heavy atom. The van der Waals surface area contributed by atoms with E-state index in [2.05, 4.69) is 4.98 Å². The zero-order valence-electron chi connectivity index (χ0n) is 11.8. The maximum absolute atomic E-state index is 12.8. The number of nitrogen functional groups attached to an aromatic ring is 1. The van der Waals surface area contributed by atoms with Crippen LogP contribution < -0.4 is 5.73 Å². The van der Waals surface area contributed by atoms with Gasteiger partial charge in [0.05, 0.1) is 5.02 Å². The number of aryl methyl sites for hydroxylation is 2. The lowest BCUT2D eigenvalue weighted by Crippen LogP contribution is -2.05. The molecule has 0 amide bonds. The third kappa shape index (κ3) is 2.20. The summed E-state index contributed by atoms with van der Waals surface area (Å²) >= 11 is 6.23. The van der Waals surface area contributed by atoms with Crippen molar-refractivity contribution >= 4 is 34.0 Å². The largest absolute Gasteiger partial charge is 0.398 e. The molecule has 0 unspecified atom stereocenters. The Morgan fingerprint density at radius 3 is 2.67 bits per heavy atom. The summed E-state index contributed by atoms with van der Waals surface area (Å²) in [5, 5.41) is 1.32. The van der Waals surface area contributed by atoms with Crippen LogP contribution in [0.1, 0.15) is 27.0 Å². The first-order chi connectivity index (χ1) is 9.99. The van der Waals surface area contributed by atoms with Crippen molar-refractivity contribution in [2.24, 2.45) is 0 Å². The van der Waals surface area contributed by atoms with Crippen molar-refractivity contribution in [3.05, 3.63) is 63.8 Å². The molecule has 4 heteroatoms. The van der Waals surface area contributed by atoms with Gasteiger partial charge in [-0.1, -0.05) is 23.7 Å². The molecular weight excluding hydrogens is 284 g/mol. The second-order valence-corrected chi connectivity index (χ2v) is 5.62. The smallest absolute Gasteiger partial charge is 0.195 e. The molecule has 3 rings (SSSR count). The van der Waals surface area contributed by atoms with Crippen LogP contribution in [0.4, 0.5) is 5.69 Å². The van der Waals surface area contributed by atoms with Crippen LogP contribution in [0.3, 0.4) is 0 Å². The number of benzene rings is 2. The molecule has 3 N–H and O–H groups in total. The molecule has 3 aromatic rings. The first-order valence-corrected chi connectivity index (χ1v) is 7.04. The molecular formula is C17H15ClN2O. The van der Waals surface area contributed by atoms with E-state index < -0.39 is 0 Å². The highest BCUT2D eigenvalue weighted by Gasteiger charge is 2.18. The van der Waals surface area contributed by atoms with Crippen LogP contribution in [0.5, 0.6) is 0 Å². The highest BCUT2D eigenvalue weighted by Crippen LogP contribution is 2.29. The number of nitrogens with two attached hydrogens (primary N) is 1. The van der Waals surface area contributed by atoms with E-state index in [4.69, 9.17) is 17.3 Å². The van der Waals surface area contributed by atoms with Gasteiger partial charge in [0.1, 0.15) is 0 Å². The number of nitrogens with one attached hydrogen (secondary N) is 1. The Labute approximate surface area is 127 Å². The summed E-state index contributed by atoms with van der Waals surface area (Å²) in [5.74, 6) is -0.0708. The molecule has 0 saturated heterocycles. The number of halogens is 1. The molecule has 0 saturated carbocycles. The maximum atomic E-state index is 12.8. The topological polar surface area (TPSA) is 58.9 Å². The number of hydrogen-bond donors (Lipinski definition) is 2. The number of anilines is 1. The van der Waals surface area contributed by atoms with E-state index in [9.17, 15) is 4.79 Å². The van der Waals surface area contributed by atoms with Crippen LogP contribution in [0.25, 0.3) is 10.9 Å². The van der Waals surface area contributed by atoms with Gasteiger partial charge in [-0.3, -0.25) is 4.79 Å². The number of hydrogen-bond acceptors (Lipinski definition) is 2. The molecule has 0 aliphatic carbocycles. The molecule has 0 radical (unpaired) electrons. The van der Waals surface area contributed by atoms with Crippen molar-refractivity contribution in [3.63, 3.8) is 0 Å². The molecule has 0 aliphatic heterocycles. The number of carbonyl (C=O) groups is 1. The summed E-state index contributed by atoms with van der Waals surface area (Å²) < 4.78 is 0. The summed E-state index contributed by atoms with van der Waals surface area (Å²) in [6, 6.07) is 9.20. The van der Waals surface area contributed by atoms with Crippen LogP contribution in [-0.2, 0) is 0 Å². The van der Waals surface area contributed by atoms with Crippen LogP contribution in [0.2, 0.25) is 5.02 Å². The molecule has 1 heterocycles. The number of carbonyl (C=O) groups excluding carboxylic acids is 1. The number of fused-ring (bicyclic) bond motifs is 1. The van der Waals surface area contributed by atoms with E-state index in [1.807, 2.05) is 32.0 Å². The number of rotatable bonds is 2. The normalized spacial score (nSPS) is 11.0. The van der Waals surface area contributed by atoms with E-state index in [1.165, 1.54) is 0 Å². The fraction of sp³-hybridized carbons (Fsp3) is 0.118. The SMILES string of the molecule is Cc1cc(C)c(C(=O)c2c[nH]c3cccc(Cl)c23)cc1N. The van der Waals surface area contributed by atoms with Crippen molar-refractivity contribution in [3.8, 4) is 0 Å². The quantitative estimate of drug-likeness (QED) is 0.549. The molecule has 106 valence electrons. The van der Waals surface area contributed by atoms with Gasteiger partial charge in [-0.15, -0.1) is 0 Å². The van der Waals surface area contributed by atoms with Gasteiger partial charge in [0, 0.05) is 33.9 Å². The molecule has 0 atom stereocenters. The molecule has 3 nitrogen and oxygen atoms in total. The van der Waals surface area contributed by atoms with E-state index in [-0.39, 0.29) is 5.78 Å². The maximum Gasteiger partial charge on any atom is 0.195 e. The van der Waals surface area contributed by atoms with Crippen molar-refractivity contribution in [2.75, 3.05) is 5.73 Å². The minimum atomic E-state index is -0.0708. The number of ketones is 1. The highest BCUT2D eigenvalue weighted by atomic mass is 35.5. The van der Waals surface area contributed by atoms with Gasteiger partial charge in [0.25, 0.3) is 0 Å². The Hall–Kier alpha value is -2.26. The molecule has 21 heavy (non-hydrogen) atoms. The summed E-state index contributed by atoms with van der Waals surface area (Å²) in [6.45, 7) is 3.84. The molecule has 2 aromatic carbocycles. The molecule has 0 aliphatic rings. The molecule has 0 fully saturated rings. The van der Waals surface area contributed by atoms with Crippen molar-refractivity contribution in [1.29, 1.82) is 0 Å². The first kappa shape index (κ1) is 13.7. The van der Waals surface area contributed by atoms with Crippen molar-refractivity contribution in [1.82, 2.24) is 4.98 Å². The number of aromatic amines is 1. The summed E-state index contributed by atoms with van der Waals surface area (Å²) in [4.78, 5) is 15.9. The van der Waals surface area contributed by atoms with E-state index >= 15 is 0 Å². The van der Waals surface area contributed by atoms with Gasteiger partial charge in [0.15, 0.2) is 5.78 Å². The Morgan fingerprint density at radius 2 is 1.90 bits per heavy atom. The third-order valence-corrected chi connectivity index (χ3v) is 4.07. The van der Waals surface area contributed by atoms with Crippen LogP contribution in [0, 0.1) is 13.8 Å². The van der Waals surface area contributed by atoms with E-state index in [1.54, 1.807) is 18.3 Å². The minimum Gasteiger partial charge on any atom is -0.398 e. The van der Waals surface area contributed by atoms with Gasteiger partial charge in [0.2, 0.25) is 0 Å². The fourth-order valence-corrected chi connectivity index (χ4v) is 2.85. The van der Waals surface area contributed by atoms with Crippen molar-refractivity contribution < 1.29 is 4.79 Å². The van der Waals surface area contributed by atoms with Crippen LogP contribution in [-0.4, -0.2) is 10.8 Å². The van der Waals surface area contributed by atoms with E-state index in [0.29, 0.717) is 21.8 Å². The van der Waals surface area contributed by atoms with Crippen molar-refractivity contribution in [2.45, 2.75) is 13.8 Å².